The third-order valence-corrected chi connectivity index (χ3v) is 9.00. The van der Waals surface area contributed by atoms with Crippen LogP contribution in [-0.4, -0.2) is 28.6 Å². The van der Waals surface area contributed by atoms with E-state index in [1.54, 1.807) is 13.0 Å². The van der Waals surface area contributed by atoms with Crippen LogP contribution >= 0.6 is 0 Å². The molecule has 2 nitrogen and oxygen atoms in total. The number of carbonyl (C=O) groups excluding carboxylic acids is 1. The maximum atomic E-state index is 14.6. The summed E-state index contributed by atoms with van der Waals surface area (Å²) in [6.45, 7) is 3.67. The third-order valence-electron chi connectivity index (χ3n) is 9.00. The Morgan fingerprint density at radius 1 is 1.14 bits per heavy atom. The number of carbonyl (C=O) groups is 1. The van der Waals surface area contributed by atoms with E-state index in [4.69, 9.17) is 0 Å². The molecule has 3 saturated carbocycles. The molecule has 4 aliphatic rings. The first-order valence-corrected chi connectivity index (χ1v) is 10.8. The molecule has 1 N–H and O–H groups in total. The van der Waals surface area contributed by atoms with Crippen molar-refractivity contribution >= 4 is 5.78 Å². The number of fused-ring (bicyclic) bond motifs is 5. The number of allylic oxidation sites excluding steroid dienone is 1. The van der Waals surface area contributed by atoms with E-state index in [9.17, 15) is 31.9 Å². The SMILES string of the molecule is CCC12CC[C@H]3[C@@H]([C@H](C)CC4=CC(=O)CC[C@@H]43)[C@@H]1CC[C@@]2(O)C(F)(F)C(F)(F)F. The van der Waals surface area contributed by atoms with Crippen LogP contribution in [0.5, 0.6) is 0 Å². The lowest BCUT2D eigenvalue weighted by atomic mass is 9.47. The maximum Gasteiger partial charge on any atom is 0.456 e. The lowest BCUT2D eigenvalue weighted by molar-refractivity contribution is -0.366. The molecule has 7 heteroatoms. The van der Waals surface area contributed by atoms with Crippen LogP contribution in [0.15, 0.2) is 11.6 Å². The van der Waals surface area contributed by atoms with E-state index in [0.717, 1.165) is 12.0 Å². The van der Waals surface area contributed by atoms with Crippen LogP contribution in [0.4, 0.5) is 22.0 Å². The van der Waals surface area contributed by atoms with Crippen molar-refractivity contribution in [2.75, 3.05) is 0 Å². The fourth-order valence-electron chi connectivity index (χ4n) is 7.86. The quantitative estimate of drug-likeness (QED) is 0.583. The molecule has 0 aromatic rings. The lowest BCUT2D eigenvalue weighted by Crippen LogP contribution is -2.66. The molecule has 1 unspecified atom stereocenters. The number of aliphatic hydroxyl groups is 1. The van der Waals surface area contributed by atoms with E-state index in [1.165, 1.54) is 0 Å². The Kier molecular flexibility index (Phi) is 4.77. The summed E-state index contributed by atoms with van der Waals surface area (Å²) >= 11 is 0. The van der Waals surface area contributed by atoms with Crippen LogP contribution in [0.3, 0.4) is 0 Å². The minimum Gasteiger partial charge on any atom is -0.383 e. The van der Waals surface area contributed by atoms with Crippen molar-refractivity contribution in [3.63, 3.8) is 0 Å². The molecule has 0 radical (unpaired) electrons. The second kappa shape index (κ2) is 6.51. The van der Waals surface area contributed by atoms with Crippen LogP contribution in [0.1, 0.15) is 65.2 Å². The predicted molar refractivity (Wildman–Crippen MR) is 97.2 cm³/mol. The number of hydrogen-bond donors (Lipinski definition) is 1. The third kappa shape index (κ3) is 2.64. The van der Waals surface area contributed by atoms with Crippen LogP contribution in [0, 0.1) is 35.0 Å². The number of alkyl halides is 5. The zero-order chi connectivity index (χ0) is 21.4. The van der Waals surface area contributed by atoms with Gasteiger partial charge >= 0.3 is 12.1 Å². The van der Waals surface area contributed by atoms with Gasteiger partial charge in [-0.05, 0) is 80.6 Å². The zero-order valence-corrected chi connectivity index (χ0v) is 16.9. The second-order valence-corrected chi connectivity index (χ2v) is 9.88. The highest BCUT2D eigenvalue weighted by molar-refractivity contribution is 5.91. The monoisotopic (exact) mass is 420 g/mol. The largest absolute Gasteiger partial charge is 0.456 e. The Labute approximate surface area is 167 Å². The standard InChI is InChI=1S/C22H29F5O2/c1-3-19-8-6-16-15-5-4-14(28)11-13(15)10-12(2)18(16)17(19)7-9-20(19,29)21(23,24)22(25,26)27/h11-12,15-18,29H,3-10H2,1-2H3/t12-,15+,16-,17+,18-,19?,20+/m1/s1. The average molecular weight is 420 g/mol. The molecule has 0 spiro atoms. The van der Waals surface area contributed by atoms with Gasteiger partial charge in [0.15, 0.2) is 5.78 Å². The summed E-state index contributed by atoms with van der Waals surface area (Å²) in [6, 6.07) is 0. The summed E-state index contributed by atoms with van der Waals surface area (Å²) in [6.07, 6.45) is -1.60. The van der Waals surface area contributed by atoms with Gasteiger partial charge in [-0.2, -0.15) is 22.0 Å². The Morgan fingerprint density at radius 3 is 2.45 bits per heavy atom. The minimum atomic E-state index is -5.77. The van der Waals surface area contributed by atoms with E-state index in [2.05, 4.69) is 0 Å². The van der Waals surface area contributed by atoms with Crippen LogP contribution < -0.4 is 0 Å². The van der Waals surface area contributed by atoms with Crippen LogP contribution in [0.2, 0.25) is 0 Å². The Balaban J connectivity index is 1.74. The molecule has 0 saturated heterocycles. The van der Waals surface area contributed by atoms with Gasteiger partial charge in [-0.1, -0.05) is 19.4 Å². The maximum absolute atomic E-state index is 14.6. The highest BCUT2D eigenvalue weighted by Crippen LogP contribution is 2.71. The van der Waals surface area contributed by atoms with Crippen molar-refractivity contribution in [1.82, 2.24) is 0 Å². The van der Waals surface area contributed by atoms with Crippen molar-refractivity contribution < 1.29 is 31.9 Å². The molecule has 4 aliphatic carbocycles. The van der Waals surface area contributed by atoms with Crippen molar-refractivity contribution in [2.45, 2.75) is 82.9 Å². The van der Waals surface area contributed by atoms with E-state index >= 15 is 0 Å². The van der Waals surface area contributed by atoms with Crippen molar-refractivity contribution in [1.29, 1.82) is 0 Å². The van der Waals surface area contributed by atoms with Crippen molar-refractivity contribution in [2.24, 2.45) is 35.0 Å². The highest BCUT2D eigenvalue weighted by atomic mass is 19.4. The second-order valence-electron chi connectivity index (χ2n) is 9.88. The molecular weight excluding hydrogens is 391 g/mol. The molecule has 0 aliphatic heterocycles. The molecule has 7 atom stereocenters. The number of rotatable bonds is 2. The fraction of sp³-hybridized carbons (Fsp3) is 0.864. The molecular formula is C22H29F5O2. The molecule has 4 rings (SSSR count). The Bertz CT molecular complexity index is 729. The lowest BCUT2D eigenvalue weighted by Gasteiger charge is -2.59. The first kappa shape index (κ1) is 21.3. The van der Waals surface area contributed by atoms with Gasteiger partial charge in [0.05, 0.1) is 0 Å². The molecule has 0 amide bonds. The van der Waals surface area contributed by atoms with Gasteiger partial charge in [0.25, 0.3) is 0 Å². The van der Waals surface area contributed by atoms with Gasteiger partial charge in [0.2, 0.25) is 0 Å². The van der Waals surface area contributed by atoms with Gasteiger partial charge in [-0.25, -0.2) is 0 Å². The van der Waals surface area contributed by atoms with E-state index in [1.807, 2.05) is 6.92 Å². The Hall–Kier alpha value is -0.980. The normalized spacial score (nSPS) is 45.3. The van der Waals surface area contributed by atoms with Gasteiger partial charge in [0.1, 0.15) is 5.60 Å². The first-order chi connectivity index (χ1) is 13.4. The molecule has 0 aromatic heterocycles. The predicted octanol–water partition coefficient (Wildman–Crippen LogP) is 5.69. The molecule has 3 fully saturated rings. The van der Waals surface area contributed by atoms with Gasteiger partial charge in [0, 0.05) is 11.8 Å². The van der Waals surface area contributed by atoms with Gasteiger partial charge in [-0.3, -0.25) is 4.79 Å². The summed E-state index contributed by atoms with van der Waals surface area (Å²) in [5, 5.41) is 11.0. The summed E-state index contributed by atoms with van der Waals surface area (Å²) < 4.78 is 69.2. The van der Waals surface area contributed by atoms with E-state index in [0.29, 0.717) is 19.3 Å². The van der Waals surface area contributed by atoms with Crippen LogP contribution in [-0.2, 0) is 4.79 Å². The summed E-state index contributed by atoms with van der Waals surface area (Å²) in [5.74, 6) is -4.81. The summed E-state index contributed by atoms with van der Waals surface area (Å²) in [4.78, 5) is 11.9. The zero-order valence-electron chi connectivity index (χ0n) is 16.9. The first-order valence-electron chi connectivity index (χ1n) is 10.8. The minimum absolute atomic E-state index is 0.0112. The molecule has 0 bridgehead atoms. The van der Waals surface area contributed by atoms with Crippen LogP contribution in [0.25, 0.3) is 0 Å². The average Bonchev–Trinajstić information content (AvgIpc) is 2.95. The fourth-order valence-corrected chi connectivity index (χ4v) is 7.86. The topological polar surface area (TPSA) is 37.3 Å². The smallest absolute Gasteiger partial charge is 0.383 e. The van der Waals surface area contributed by atoms with Gasteiger partial charge in [-0.15, -0.1) is 0 Å². The van der Waals surface area contributed by atoms with Crippen molar-refractivity contribution in [3.8, 4) is 0 Å². The molecule has 164 valence electrons. The highest BCUT2D eigenvalue weighted by Gasteiger charge is 2.79. The van der Waals surface area contributed by atoms with Gasteiger partial charge < -0.3 is 5.11 Å². The number of hydrogen-bond acceptors (Lipinski definition) is 2. The van der Waals surface area contributed by atoms with E-state index < -0.39 is 29.5 Å². The summed E-state index contributed by atoms with van der Waals surface area (Å²) in [7, 11) is 0. The molecule has 0 heterocycles. The molecule has 0 aromatic carbocycles. The Morgan fingerprint density at radius 2 is 1.83 bits per heavy atom. The van der Waals surface area contributed by atoms with Crippen molar-refractivity contribution in [3.05, 3.63) is 11.6 Å². The van der Waals surface area contributed by atoms with E-state index in [-0.39, 0.29) is 54.6 Å². The summed E-state index contributed by atoms with van der Waals surface area (Å²) in [5.41, 5.74) is -3.35. The number of ketones is 1. The number of halogens is 5. The molecule has 29 heavy (non-hydrogen) atoms.